The van der Waals surface area contributed by atoms with Crippen molar-refractivity contribution >= 4 is 16.9 Å². The average molecular weight is 396 g/mol. The summed E-state index contributed by atoms with van der Waals surface area (Å²) in [7, 11) is 5.63. The van der Waals surface area contributed by atoms with Gasteiger partial charge in [-0.3, -0.25) is 4.99 Å². The van der Waals surface area contributed by atoms with E-state index in [-0.39, 0.29) is 5.82 Å². The topological polar surface area (TPSA) is 55.5 Å². The Balaban J connectivity index is 1.55. The van der Waals surface area contributed by atoms with Crippen molar-refractivity contribution in [2.24, 2.45) is 4.99 Å². The van der Waals surface area contributed by atoms with Gasteiger partial charge in [0.1, 0.15) is 5.82 Å². The molecule has 6 heteroatoms. The number of hydrogen-bond acceptors (Lipinski definition) is 2. The zero-order valence-corrected chi connectivity index (χ0v) is 17.6. The van der Waals surface area contributed by atoms with E-state index in [2.05, 4.69) is 51.9 Å². The standard InChI is InChI=1S/C23H30FN5/c1-16-6-5-7-21-22(16)18(14-27-21)10-11-26-23(25-2)28-13-17-8-9-20(24)19(12-17)15-29(3)4/h5-9,12,14,27H,10-11,13,15H2,1-4H3,(H2,25,26,28). The third-order valence-corrected chi connectivity index (χ3v) is 4.96. The number of nitrogens with one attached hydrogen (secondary N) is 3. The Morgan fingerprint density at radius 1 is 1.14 bits per heavy atom. The second-order valence-electron chi connectivity index (χ2n) is 7.58. The summed E-state index contributed by atoms with van der Waals surface area (Å²) >= 11 is 0. The van der Waals surface area contributed by atoms with Gasteiger partial charge in [0, 0.05) is 49.3 Å². The van der Waals surface area contributed by atoms with Crippen molar-refractivity contribution < 1.29 is 4.39 Å². The second-order valence-corrected chi connectivity index (χ2v) is 7.58. The Morgan fingerprint density at radius 3 is 2.72 bits per heavy atom. The van der Waals surface area contributed by atoms with Gasteiger partial charge in [-0.2, -0.15) is 0 Å². The fraction of sp³-hybridized carbons (Fsp3) is 0.348. The third-order valence-electron chi connectivity index (χ3n) is 4.96. The molecule has 1 aromatic heterocycles. The van der Waals surface area contributed by atoms with Crippen LogP contribution in [0.2, 0.25) is 0 Å². The second kappa shape index (κ2) is 9.56. The lowest BCUT2D eigenvalue weighted by molar-refractivity contribution is 0.392. The maximum Gasteiger partial charge on any atom is 0.191 e. The summed E-state index contributed by atoms with van der Waals surface area (Å²) in [5.74, 6) is 0.569. The first kappa shape index (κ1) is 20.9. The van der Waals surface area contributed by atoms with Crippen LogP contribution in [0.3, 0.4) is 0 Å². The average Bonchev–Trinajstić information content (AvgIpc) is 3.11. The number of nitrogens with zero attached hydrogens (tertiary/aromatic N) is 2. The molecule has 5 nitrogen and oxygen atoms in total. The molecule has 0 aliphatic heterocycles. The number of benzene rings is 2. The normalized spacial score (nSPS) is 12.0. The van der Waals surface area contributed by atoms with Crippen LogP contribution in [0.5, 0.6) is 0 Å². The molecule has 0 fully saturated rings. The number of rotatable bonds is 7. The number of H-pyrrole nitrogens is 1. The van der Waals surface area contributed by atoms with Gasteiger partial charge in [0.25, 0.3) is 0 Å². The maximum absolute atomic E-state index is 13.9. The van der Waals surface area contributed by atoms with Crippen LogP contribution in [0, 0.1) is 12.7 Å². The number of aryl methyl sites for hydroxylation is 1. The SMILES string of the molecule is CN=C(NCCc1c[nH]c2cccc(C)c12)NCc1ccc(F)c(CN(C)C)c1. The molecule has 154 valence electrons. The molecule has 29 heavy (non-hydrogen) atoms. The molecule has 1 heterocycles. The number of aliphatic imine (C=N–C) groups is 1. The highest BCUT2D eigenvalue weighted by Gasteiger charge is 2.08. The Kier molecular flexibility index (Phi) is 6.88. The van der Waals surface area contributed by atoms with Crippen LogP contribution in [0.4, 0.5) is 4.39 Å². The number of halogens is 1. The Hall–Kier alpha value is -2.86. The van der Waals surface area contributed by atoms with Crippen LogP contribution >= 0.6 is 0 Å². The van der Waals surface area contributed by atoms with Gasteiger partial charge in [-0.25, -0.2) is 4.39 Å². The molecule has 0 radical (unpaired) electrons. The summed E-state index contributed by atoms with van der Waals surface area (Å²) in [6.07, 6.45) is 2.98. The van der Waals surface area contributed by atoms with Crippen LogP contribution in [-0.2, 0) is 19.5 Å². The fourth-order valence-corrected chi connectivity index (χ4v) is 3.57. The van der Waals surface area contributed by atoms with Crippen molar-refractivity contribution in [2.75, 3.05) is 27.7 Å². The minimum absolute atomic E-state index is 0.168. The molecule has 0 bridgehead atoms. The highest BCUT2D eigenvalue weighted by molar-refractivity contribution is 5.86. The van der Waals surface area contributed by atoms with Crippen molar-refractivity contribution in [1.82, 2.24) is 20.5 Å². The van der Waals surface area contributed by atoms with Gasteiger partial charge >= 0.3 is 0 Å². The van der Waals surface area contributed by atoms with Gasteiger partial charge < -0.3 is 20.5 Å². The molecular weight excluding hydrogens is 365 g/mol. The minimum atomic E-state index is -0.168. The van der Waals surface area contributed by atoms with E-state index in [1.54, 1.807) is 7.05 Å². The van der Waals surface area contributed by atoms with E-state index in [4.69, 9.17) is 0 Å². The predicted octanol–water partition coefficient (Wildman–Crippen LogP) is 3.58. The molecule has 0 saturated carbocycles. The first-order chi connectivity index (χ1) is 14.0. The summed E-state index contributed by atoms with van der Waals surface area (Å²) in [5, 5.41) is 7.98. The molecule has 3 aromatic rings. The summed E-state index contributed by atoms with van der Waals surface area (Å²) in [6.45, 7) is 4.08. The van der Waals surface area contributed by atoms with Crippen LogP contribution < -0.4 is 10.6 Å². The number of aromatic amines is 1. The third kappa shape index (κ3) is 5.35. The van der Waals surface area contributed by atoms with E-state index in [0.717, 1.165) is 24.5 Å². The molecule has 0 unspecified atom stereocenters. The van der Waals surface area contributed by atoms with Gasteiger partial charge in [0.15, 0.2) is 5.96 Å². The van der Waals surface area contributed by atoms with Gasteiger partial charge in [-0.15, -0.1) is 0 Å². The molecule has 3 N–H and O–H groups in total. The summed E-state index contributed by atoms with van der Waals surface area (Å²) < 4.78 is 13.9. The van der Waals surface area contributed by atoms with E-state index in [0.29, 0.717) is 18.7 Å². The molecular formula is C23H30FN5. The van der Waals surface area contributed by atoms with Gasteiger partial charge in [-0.1, -0.05) is 18.2 Å². The zero-order chi connectivity index (χ0) is 20.8. The van der Waals surface area contributed by atoms with Crippen LogP contribution in [0.25, 0.3) is 10.9 Å². The van der Waals surface area contributed by atoms with Gasteiger partial charge in [0.05, 0.1) is 0 Å². The van der Waals surface area contributed by atoms with Crippen molar-refractivity contribution in [2.45, 2.75) is 26.4 Å². The molecule has 0 amide bonds. The van der Waals surface area contributed by atoms with Crippen LogP contribution in [0.1, 0.15) is 22.3 Å². The highest BCUT2D eigenvalue weighted by atomic mass is 19.1. The van der Waals surface area contributed by atoms with E-state index in [1.807, 2.05) is 31.1 Å². The van der Waals surface area contributed by atoms with E-state index < -0.39 is 0 Å². The van der Waals surface area contributed by atoms with Gasteiger partial charge in [-0.05, 0) is 62.3 Å². The Bertz CT molecular complexity index is 990. The fourth-order valence-electron chi connectivity index (χ4n) is 3.57. The molecule has 0 saturated heterocycles. The van der Waals surface area contributed by atoms with Crippen molar-refractivity contribution in [3.05, 3.63) is 70.7 Å². The largest absolute Gasteiger partial charge is 0.361 e. The summed E-state index contributed by atoms with van der Waals surface area (Å²) in [6, 6.07) is 11.6. The number of fused-ring (bicyclic) bond motifs is 1. The number of guanidine groups is 1. The molecule has 2 aromatic carbocycles. The smallest absolute Gasteiger partial charge is 0.191 e. The lowest BCUT2D eigenvalue weighted by atomic mass is 10.1. The van der Waals surface area contributed by atoms with Crippen molar-refractivity contribution in [1.29, 1.82) is 0 Å². The quantitative estimate of drug-likeness (QED) is 0.423. The number of hydrogen-bond donors (Lipinski definition) is 3. The van der Waals surface area contributed by atoms with E-state index >= 15 is 0 Å². The van der Waals surface area contributed by atoms with E-state index in [9.17, 15) is 4.39 Å². The minimum Gasteiger partial charge on any atom is -0.361 e. The summed E-state index contributed by atoms with van der Waals surface area (Å²) in [4.78, 5) is 9.60. The summed E-state index contributed by atoms with van der Waals surface area (Å²) in [5.41, 5.74) is 5.48. The first-order valence-corrected chi connectivity index (χ1v) is 9.90. The first-order valence-electron chi connectivity index (χ1n) is 9.90. The Morgan fingerprint density at radius 2 is 1.97 bits per heavy atom. The van der Waals surface area contributed by atoms with E-state index in [1.165, 1.54) is 28.1 Å². The Labute approximate surface area is 172 Å². The lowest BCUT2D eigenvalue weighted by Gasteiger charge is -2.14. The van der Waals surface area contributed by atoms with Crippen LogP contribution in [-0.4, -0.2) is 43.5 Å². The van der Waals surface area contributed by atoms with Crippen LogP contribution in [0.15, 0.2) is 47.6 Å². The van der Waals surface area contributed by atoms with Crippen molar-refractivity contribution in [3.8, 4) is 0 Å². The van der Waals surface area contributed by atoms with Crippen molar-refractivity contribution in [3.63, 3.8) is 0 Å². The predicted molar refractivity (Wildman–Crippen MR) is 119 cm³/mol. The lowest BCUT2D eigenvalue weighted by Crippen LogP contribution is -2.37. The highest BCUT2D eigenvalue weighted by Crippen LogP contribution is 2.22. The molecule has 0 aliphatic carbocycles. The monoisotopic (exact) mass is 395 g/mol. The molecule has 0 spiro atoms. The van der Waals surface area contributed by atoms with Gasteiger partial charge in [0.2, 0.25) is 0 Å². The molecule has 0 atom stereocenters. The molecule has 0 aliphatic rings. The molecule has 3 rings (SSSR count). The zero-order valence-electron chi connectivity index (χ0n) is 17.6. The maximum atomic E-state index is 13.9. The number of aromatic nitrogens is 1.